The maximum atomic E-state index is 5.52. The lowest BCUT2D eigenvalue weighted by atomic mass is 10.4. The smallest absolute Gasteiger partial charge is 0.141 e. The third kappa shape index (κ3) is 2.21. The zero-order valence-corrected chi connectivity index (χ0v) is 7.82. The molecule has 4 nitrogen and oxygen atoms in total. The Balaban J connectivity index is 1.78. The van der Waals surface area contributed by atoms with Crippen molar-refractivity contribution in [1.29, 1.82) is 0 Å². The van der Waals surface area contributed by atoms with E-state index < -0.39 is 0 Å². The van der Waals surface area contributed by atoms with Gasteiger partial charge >= 0.3 is 0 Å². The minimum atomic E-state index is 0.612. The van der Waals surface area contributed by atoms with E-state index in [4.69, 9.17) is 5.73 Å². The lowest BCUT2D eigenvalue weighted by Gasteiger charge is -2.13. The van der Waals surface area contributed by atoms with Crippen molar-refractivity contribution in [3.8, 4) is 0 Å². The molecule has 0 aromatic carbocycles. The second-order valence-electron chi connectivity index (χ2n) is 3.59. The van der Waals surface area contributed by atoms with Crippen LogP contribution in [0, 0.1) is 0 Å². The molecule has 13 heavy (non-hydrogen) atoms. The summed E-state index contributed by atoms with van der Waals surface area (Å²) in [7, 11) is 0. The van der Waals surface area contributed by atoms with Crippen molar-refractivity contribution in [3.05, 3.63) is 12.5 Å². The number of nitrogens with two attached hydrogens (primary N) is 1. The second-order valence-corrected chi connectivity index (χ2v) is 3.59. The molecular weight excluding hydrogens is 164 g/mol. The van der Waals surface area contributed by atoms with Crippen LogP contribution in [0.15, 0.2) is 12.5 Å². The molecule has 1 aliphatic heterocycles. The van der Waals surface area contributed by atoms with Crippen molar-refractivity contribution in [2.75, 3.05) is 25.4 Å². The molecule has 0 radical (unpaired) electrons. The molecular formula is C9H16N4. The first kappa shape index (κ1) is 8.56. The zero-order valence-electron chi connectivity index (χ0n) is 7.82. The third-order valence-corrected chi connectivity index (χ3v) is 2.53. The Bertz CT molecular complexity index is 262. The van der Waals surface area contributed by atoms with Gasteiger partial charge in [0.25, 0.3) is 0 Å². The molecule has 1 saturated heterocycles. The Kier molecular flexibility index (Phi) is 2.49. The first-order chi connectivity index (χ1) is 6.34. The summed E-state index contributed by atoms with van der Waals surface area (Å²) in [6.45, 7) is 4.63. The van der Waals surface area contributed by atoms with Crippen LogP contribution in [-0.4, -0.2) is 34.1 Å². The van der Waals surface area contributed by atoms with Gasteiger partial charge in [-0.3, -0.25) is 0 Å². The summed E-state index contributed by atoms with van der Waals surface area (Å²) in [5.41, 5.74) is 5.52. The van der Waals surface area contributed by atoms with Crippen molar-refractivity contribution in [2.45, 2.75) is 19.4 Å². The summed E-state index contributed by atoms with van der Waals surface area (Å²) in [5.74, 6) is 0.612. The molecule has 1 aromatic rings. The van der Waals surface area contributed by atoms with E-state index in [1.807, 2.05) is 10.8 Å². The quantitative estimate of drug-likeness (QED) is 0.739. The van der Waals surface area contributed by atoms with Gasteiger partial charge in [-0.15, -0.1) is 0 Å². The van der Waals surface area contributed by atoms with Crippen LogP contribution < -0.4 is 5.73 Å². The summed E-state index contributed by atoms with van der Waals surface area (Å²) in [4.78, 5) is 6.47. The summed E-state index contributed by atoms with van der Waals surface area (Å²) in [6.07, 6.45) is 6.39. The zero-order chi connectivity index (χ0) is 9.10. The summed E-state index contributed by atoms with van der Waals surface area (Å²) < 4.78 is 2.05. The molecule has 2 heterocycles. The average Bonchev–Trinajstić information content (AvgIpc) is 2.71. The summed E-state index contributed by atoms with van der Waals surface area (Å²) in [5, 5.41) is 0. The van der Waals surface area contributed by atoms with Crippen molar-refractivity contribution in [1.82, 2.24) is 14.5 Å². The molecule has 4 heteroatoms. The normalized spacial score (nSPS) is 18.2. The monoisotopic (exact) mass is 180 g/mol. The fourth-order valence-corrected chi connectivity index (χ4v) is 1.76. The number of aromatic nitrogens is 2. The molecule has 1 fully saturated rings. The number of likely N-dealkylation sites (tertiary alicyclic amines) is 1. The van der Waals surface area contributed by atoms with E-state index in [0.29, 0.717) is 5.82 Å². The van der Waals surface area contributed by atoms with Gasteiger partial charge in [0.2, 0.25) is 0 Å². The number of hydrogen-bond acceptors (Lipinski definition) is 3. The SMILES string of the molecule is Nc1cn(CCN2CCCC2)cn1. The average molecular weight is 180 g/mol. The van der Waals surface area contributed by atoms with Crippen LogP contribution in [0.25, 0.3) is 0 Å². The highest BCUT2D eigenvalue weighted by atomic mass is 15.2. The molecule has 0 spiro atoms. The van der Waals surface area contributed by atoms with Gasteiger partial charge in [0.1, 0.15) is 5.82 Å². The van der Waals surface area contributed by atoms with E-state index in [1.54, 1.807) is 6.33 Å². The standard InChI is InChI=1S/C9H16N4/c10-9-7-13(8-11-9)6-5-12-3-1-2-4-12/h7-8H,1-6,10H2. The van der Waals surface area contributed by atoms with Crippen LogP contribution in [0.5, 0.6) is 0 Å². The molecule has 0 bridgehead atoms. The minimum Gasteiger partial charge on any atom is -0.382 e. The molecule has 72 valence electrons. The summed E-state index contributed by atoms with van der Waals surface area (Å²) in [6, 6.07) is 0. The van der Waals surface area contributed by atoms with E-state index in [0.717, 1.165) is 13.1 Å². The van der Waals surface area contributed by atoms with Gasteiger partial charge in [0.15, 0.2) is 0 Å². The fourth-order valence-electron chi connectivity index (χ4n) is 1.76. The van der Waals surface area contributed by atoms with Crippen LogP contribution in [0.4, 0.5) is 5.82 Å². The van der Waals surface area contributed by atoms with Crippen LogP contribution in [0.3, 0.4) is 0 Å². The lowest BCUT2D eigenvalue weighted by Crippen LogP contribution is -2.23. The third-order valence-electron chi connectivity index (χ3n) is 2.53. The first-order valence-electron chi connectivity index (χ1n) is 4.84. The predicted molar refractivity (Wildman–Crippen MR) is 52.3 cm³/mol. The maximum Gasteiger partial charge on any atom is 0.141 e. The Labute approximate surface area is 78.4 Å². The number of imidazole rings is 1. The predicted octanol–water partition coefficient (Wildman–Crippen LogP) is 0.561. The van der Waals surface area contributed by atoms with Gasteiger partial charge in [0, 0.05) is 19.3 Å². The van der Waals surface area contributed by atoms with E-state index in [1.165, 1.54) is 25.9 Å². The van der Waals surface area contributed by atoms with Gasteiger partial charge < -0.3 is 15.2 Å². The van der Waals surface area contributed by atoms with Crippen molar-refractivity contribution < 1.29 is 0 Å². The Morgan fingerprint density at radius 2 is 2.08 bits per heavy atom. The molecule has 0 saturated carbocycles. The van der Waals surface area contributed by atoms with Crippen molar-refractivity contribution in [3.63, 3.8) is 0 Å². The van der Waals surface area contributed by atoms with E-state index in [-0.39, 0.29) is 0 Å². The van der Waals surface area contributed by atoms with Crippen molar-refractivity contribution in [2.24, 2.45) is 0 Å². The van der Waals surface area contributed by atoms with E-state index >= 15 is 0 Å². The fraction of sp³-hybridized carbons (Fsp3) is 0.667. The number of nitrogen functional groups attached to an aromatic ring is 1. The molecule has 2 rings (SSSR count). The van der Waals surface area contributed by atoms with Gasteiger partial charge in [-0.05, 0) is 25.9 Å². The number of rotatable bonds is 3. The number of hydrogen-bond donors (Lipinski definition) is 1. The largest absolute Gasteiger partial charge is 0.382 e. The van der Waals surface area contributed by atoms with Gasteiger partial charge in [-0.25, -0.2) is 4.98 Å². The molecule has 1 aromatic heterocycles. The highest BCUT2D eigenvalue weighted by molar-refractivity contribution is 5.22. The Morgan fingerprint density at radius 3 is 2.69 bits per heavy atom. The van der Waals surface area contributed by atoms with Gasteiger partial charge in [-0.2, -0.15) is 0 Å². The van der Waals surface area contributed by atoms with Gasteiger partial charge in [0.05, 0.1) is 6.33 Å². The Morgan fingerprint density at radius 1 is 1.31 bits per heavy atom. The topological polar surface area (TPSA) is 47.1 Å². The van der Waals surface area contributed by atoms with Crippen molar-refractivity contribution >= 4 is 5.82 Å². The molecule has 0 aliphatic carbocycles. The van der Waals surface area contributed by atoms with Gasteiger partial charge in [-0.1, -0.05) is 0 Å². The first-order valence-corrected chi connectivity index (χ1v) is 4.84. The molecule has 0 unspecified atom stereocenters. The highest BCUT2D eigenvalue weighted by Crippen LogP contribution is 2.07. The maximum absolute atomic E-state index is 5.52. The second kappa shape index (κ2) is 3.79. The molecule has 0 amide bonds. The summed E-state index contributed by atoms with van der Waals surface area (Å²) >= 11 is 0. The van der Waals surface area contributed by atoms with E-state index in [9.17, 15) is 0 Å². The Hall–Kier alpha value is -1.03. The molecule has 1 aliphatic rings. The highest BCUT2D eigenvalue weighted by Gasteiger charge is 2.10. The number of nitrogens with zero attached hydrogens (tertiary/aromatic N) is 3. The minimum absolute atomic E-state index is 0.612. The lowest BCUT2D eigenvalue weighted by molar-refractivity contribution is 0.322. The van der Waals surface area contributed by atoms with Crippen LogP contribution in [-0.2, 0) is 6.54 Å². The van der Waals surface area contributed by atoms with Crippen LogP contribution in [0.2, 0.25) is 0 Å². The van der Waals surface area contributed by atoms with E-state index in [2.05, 4.69) is 9.88 Å². The molecule has 2 N–H and O–H groups in total. The number of anilines is 1. The van der Waals surface area contributed by atoms with Crippen LogP contribution in [0.1, 0.15) is 12.8 Å². The van der Waals surface area contributed by atoms with Crippen LogP contribution >= 0.6 is 0 Å². The molecule has 0 atom stereocenters.